The number of furan rings is 1. The van der Waals surface area contributed by atoms with E-state index in [2.05, 4.69) is 5.32 Å². The number of halogens is 1. The Kier molecular flexibility index (Phi) is 6.76. The van der Waals surface area contributed by atoms with Crippen LogP contribution in [-0.4, -0.2) is 22.2 Å². The van der Waals surface area contributed by atoms with Crippen LogP contribution >= 0.6 is 22.9 Å². The molecule has 0 radical (unpaired) electrons. The Balaban J connectivity index is 1.45. The molecule has 0 aliphatic rings. The van der Waals surface area contributed by atoms with Gasteiger partial charge in [-0.1, -0.05) is 23.7 Å². The van der Waals surface area contributed by atoms with Gasteiger partial charge in [0.25, 0.3) is 5.91 Å². The summed E-state index contributed by atoms with van der Waals surface area (Å²) in [5.74, 6) is -0.00291. The van der Waals surface area contributed by atoms with Crippen molar-refractivity contribution >= 4 is 39.1 Å². The number of hydrogen-bond donors (Lipinski definition) is 2. The molecule has 0 bridgehead atoms. The number of carbonyl (C=O) groups excluding carboxylic acids is 1. The van der Waals surface area contributed by atoms with Crippen molar-refractivity contribution in [3.05, 3.63) is 91.9 Å². The molecule has 32 heavy (non-hydrogen) atoms. The van der Waals surface area contributed by atoms with E-state index < -0.39 is 12.0 Å². The summed E-state index contributed by atoms with van der Waals surface area (Å²) in [6, 6.07) is 12.2. The third kappa shape index (κ3) is 4.94. The Bertz CT molecular complexity index is 1280. The summed E-state index contributed by atoms with van der Waals surface area (Å²) in [6.45, 7) is 0.586. The van der Waals surface area contributed by atoms with Gasteiger partial charge in [-0.3, -0.25) is 9.59 Å². The van der Waals surface area contributed by atoms with Crippen LogP contribution < -0.4 is 10.7 Å². The minimum Gasteiger partial charge on any atom is -0.467 e. The summed E-state index contributed by atoms with van der Waals surface area (Å²) in [4.78, 5) is 27.2. The van der Waals surface area contributed by atoms with E-state index in [4.69, 9.17) is 20.8 Å². The molecule has 0 saturated carbocycles. The van der Waals surface area contributed by atoms with Crippen molar-refractivity contribution in [3.63, 3.8) is 0 Å². The fraction of sp³-hybridized carbons (Fsp3) is 0.217. The van der Waals surface area contributed by atoms with E-state index in [1.54, 1.807) is 48.1 Å². The fourth-order valence-corrected chi connectivity index (χ4v) is 4.41. The van der Waals surface area contributed by atoms with Gasteiger partial charge >= 0.3 is 0 Å². The second-order valence-electron chi connectivity index (χ2n) is 7.27. The number of amides is 1. The number of fused-ring (bicyclic) bond motifs is 1. The molecule has 1 amide bonds. The third-order valence-corrected chi connectivity index (χ3v) is 6.35. The van der Waals surface area contributed by atoms with Crippen LogP contribution in [0.15, 0.2) is 64.1 Å². The highest BCUT2D eigenvalue weighted by Gasteiger charge is 2.17. The van der Waals surface area contributed by atoms with Crippen molar-refractivity contribution in [1.29, 1.82) is 0 Å². The quantitative estimate of drug-likeness (QED) is 0.404. The maximum absolute atomic E-state index is 13.0. The number of nitrogens with zero attached hydrogens (tertiary/aromatic N) is 1. The topological polar surface area (TPSA) is 93.7 Å². The van der Waals surface area contributed by atoms with Gasteiger partial charge < -0.3 is 24.1 Å². The Morgan fingerprint density at radius 3 is 2.81 bits per heavy atom. The molecule has 0 spiro atoms. The van der Waals surface area contributed by atoms with Crippen LogP contribution in [0.4, 0.5) is 0 Å². The van der Waals surface area contributed by atoms with Crippen molar-refractivity contribution in [2.45, 2.75) is 19.3 Å². The van der Waals surface area contributed by atoms with E-state index in [0.717, 1.165) is 15.3 Å². The van der Waals surface area contributed by atoms with Crippen LogP contribution in [0.1, 0.15) is 32.7 Å². The monoisotopic (exact) mass is 472 g/mol. The van der Waals surface area contributed by atoms with Crippen molar-refractivity contribution in [3.8, 4) is 0 Å². The Hall–Kier alpha value is -2.91. The zero-order valence-corrected chi connectivity index (χ0v) is 18.8. The molecule has 3 aromatic heterocycles. The fourth-order valence-electron chi connectivity index (χ4n) is 3.26. The average Bonchev–Trinajstić information content (AvgIpc) is 3.46. The summed E-state index contributed by atoms with van der Waals surface area (Å²) >= 11 is 7.29. The summed E-state index contributed by atoms with van der Waals surface area (Å²) < 4.78 is 12.5. The molecule has 7 nitrogen and oxygen atoms in total. The normalized spacial score (nSPS) is 12.2. The molecule has 166 valence electrons. The highest BCUT2D eigenvalue weighted by Crippen LogP contribution is 2.25. The molecule has 0 unspecified atom stereocenters. The third-order valence-electron chi connectivity index (χ3n) is 4.90. The van der Waals surface area contributed by atoms with Gasteiger partial charge in [0, 0.05) is 29.7 Å². The first-order chi connectivity index (χ1) is 15.4. The van der Waals surface area contributed by atoms with Gasteiger partial charge in [-0.05, 0) is 35.9 Å². The molecule has 2 N–H and O–H groups in total. The number of carbonyl (C=O) groups is 1. The number of rotatable bonds is 8. The van der Waals surface area contributed by atoms with Gasteiger partial charge in [0.1, 0.15) is 22.3 Å². The SMILES string of the molecule is Cn1cc(C(=O)NCc2ccc(Cl)cc2)c(=O)c2cc(COC[C@@H](O)c3ccco3)sc21. The van der Waals surface area contributed by atoms with Crippen molar-refractivity contribution < 1.29 is 19.1 Å². The van der Waals surface area contributed by atoms with Crippen LogP contribution in [0.5, 0.6) is 0 Å². The predicted octanol–water partition coefficient (Wildman–Crippen LogP) is 4.03. The first-order valence-electron chi connectivity index (χ1n) is 9.86. The molecule has 9 heteroatoms. The van der Waals surface area contributed by atoms with Gasteiger partial charge in [-0.25, -0.2) is 0 Å². The molecular formula is C23H21ClN2O5S. The average molecular weight is 473 g/mol. The van der Waals surface area contributed by atoms with E-state index in [0.29, 0.717) is 16.2 Å². The van der Waals surface area contributed by atoms with E-state index >= 15 is 0 Å². The summed E-state index contributed by atoms with van der Waals surface area (Å²) in [5, 5.41) is 13.9. The summed E-state index contributed by atoms with van der Waals surface area (Å²) in [6.07, 6.45) is 2.18. The van der Waals surface area contributed by atoms with Crippen LogP contribution in [-0.2, 0) is 24.9 Å². The number of aliphatic hydroxyl groups excluding tert-OH is 1. The molecule has 0 aliphatic carbocycles. The number of hydrogen-bond acceptors (Lipinski definition) is 6. The van der Waals surface area contributed by atoms with Crippen molar-refractivity contribution in [2.75, 3.05) is 6.61 Å². The van der Waals surface area contributed by atoms with E-state index in [1.807, 2.05) is 12.1 Å². The largest absolute Gasteiger partial charge is 0.467 e. The second kappa shape index (κ2) is 9.70. The number of benzene rings is 1. The number of pyridine rings is 1. The number of aliphatic hydroxyl groups is 1. The molecule has 4 aromatic rings. The smallest absolute Gasteiger partial charge is 0.257 e. The lowest BCUT2D eigenvalue weighted by Gasteiger charge is -2.08. The highest BCUT2D eigenvalue weighted by molar-refractivity contribution is 7.18. The van der Waals surface area contributed by atoms with Crippen molar-refractivity contribution in [1.82, 2.24) is 9.88 Å². The van der Waals surface area contributed by atoms with E-state index in [-0.39, 0.29) is 30.8 Å². The van der Waals surface area contributed by atoms with Gasteiger partial charge in [-0.2, -0.15) is 0 Å². The molecule has 0 fully saturated rings. The number of ether oxygens (including phenoxy) is 1. The Morgan fingerprint density at radius 1 is 1.31 bits per heavy atom. The maximum atomic E-state index is 13.0. The van der Waals surface area contributed by atoms with Gasteiger partial charge in [0.15, 0.2) is 0 Å². The lowest BCUT2D eigenvalue weighted by Crippen LogP contribution is -2.29. The number of thiophene rings is 1. The van der Waals surface area contributed by atoms with Gasteiger partial charge in [0.2, 0.25) is 5.43 Å². The minimum atomic E-state index is -0.860. The molecule has 4 rings (SSSR count). The van der Waals surface area contributed by atoms with Crippen LogP contribution in [0.25, 0.3) is 10.2 Å². The molecule has 3 heterocycles. The molecule has 0 saturated heterocycles. The standard InChI is InChI=1S/C23H21ClN2O5S/c1-26-11-18(22(29)25-10-14-4-6-15(24)7-5-14)21(28)17-9-16(32-23(17)26)12-30-13-19(27)20-3-2-8-31-20/h2-9,11,19,27H,10,12-13H2,1H3,(H,25,29)/t19-/m1/s1. The minimum absolute atomic E-state index is 0.0659. The molecular weight excluding hydrogens is 452 g/mol. The zero-order chi connectivity index (χ0) is 22.7. The van der Waals surface area contributed by atoms with Crippen LogP contribution in [0.2, 0.25) is 5.02 Å². The van der Waals surface area contributed by atoms with Crippen LogP contribution in [0.3, 0.4) is 0 Å². The number of nitrogens with one attached hydrogen (secondary N) is 1. The van der Waals surface area contributed by atoms with Gasteiger partial charge in [-0.15, -0.1) is 11.3 Å². The summed E-state index contributed by atoms with van der Waals surface area (Å²) in [5.41, 5.74) is 0.629. The lowest BCUT2D eigenvalue weighted by molar-refractivity contribution is 0.0182. The van der Waals surface area contributed by atoms with Gasteiger partial charge in [0.05, 0.1) is 24.9 Å². The maximum Gasteiger partial charge on any atom is 0.257 e. The first kappa shape index (κ1) is 22.3. The Labute approximate surface area is 192 Å². The predicted molar refractivity (Wildman–Crippen MR) is 123 cm³/mol. The zero-order valence-electron chi connectivity index (χ0n) is 17.2. The lowest BCUT2D eigenvalue weighted by atomic mass is 10.2. The molecule has 0 aliphatic heterocycles. The number of aromatic nitrogens is 1. The first-order valence-corrected chi connectivity index (χ1v) is 11.1. The highest BCUT2D eigenvalue weighted by atomic mass is 35.5. The van der Waals surface area contributed by atoms with E-state index in [9.17, 15) is 14.7 Å². The summed E-state index contributed by atoms with van der Waals surface area (Å²) in [7, 11) is 1.79. The van der Waals surface area contributed by atoms with Crippen molar-refractivity contribution in [2.24, 2.45) is 7.05 Å². The van der Waals surface area contributed by atoms with Crippen LogP contribution in [0, 0.1) is 0 Å². The number of aryl methyl sites for hydroxylation is 1. The second-order valence-corrected chi connectivity index (χ2v) is 8.82. The molecule has 1 aromatic carbocycles. The molecule has 1 atom stereocenters. The van der Waals surface area contributed by atoms with E-state index in [1.165, 1.54) is 17.6 Å². The Morgan fingerprint density at radius 2 is 2.09 bits per heavy atom.